The number of hydrogen-bond donors (Lipinski definition) is 1. The number of likely N-dealkylation sites (N-methyl/N-ethyl adjacent to an activating group) is 1. The van der Waals surface area contributed by atoms with Gasteiger partial charge in [0.2, 0.25) is 5.91 Å². The maximum atomic E-state index is 11.8. The molecule has 16 heavy (non-hydrogen) atoms. The largest absolute Gasteiger partial charge is 0.338 e. The molecule has 0 spiro atoms. The third kappa shape index (κ3) is 3.63. The molecular formula is C13H24N2O. The number of likely N-dealkylation sites (tertiary alicyclic amines) is 1. The number of nitrogens with zero attached hydrogens (tertiary/aromatic N) is 1. The number of hydrogen-bond acceptors (Lipinski definition) is 2. The van der Waals surface area contributed by atoms with Crippen LogP contribution in [-0.4, -0.2) is 37.0 Å². The first kappa shape index (κ1) is 13.2. The molecule has 0 aromatic heterocycles. The van der Waals surface area contributed by atoms with Crippen LogP contribution in [0.2, 0.25) is 0 Å². The number of carbonyl (C=O) groups excluding carboxylic acids is 1. The lowest BCUT2D eigenvalue weighted by atomic mass is 9.95. The van der Waals surface area contributed by atoms with Crippen LogP contribution in [0, 0.1) is 11.8 Å². The Labute approximate surface area is 98.9 Å². The molecule has 1 N–H and O–H groups in total. The summed E-state index contributed by atoms with van der Waals surface area (Å²) in [6.45, 7) is 13.8. The van der Waals surface area contributed by atoms with Crippen LogP contribution >= 0.6 is 0 Å². The molecule has 0 saturated carbocycles. The lowest BCUT2D eigenvalue weighted by Crippen LogP contribution is -2.30. The summed E-state index contributed by atoms with van der Waals surface area (Å²) in [7, 11) is 0. The topological polar surface area (TPSA) is 32.3 Å². The van der Waals surface area contributed by atoms with Crippen molar-refractivity contribution in [3.05, 3.63) is 12.2 Å². The van der Waals surface area contributed by atoms with E-state index in [9.17, 15) is 4.79 Å². The second-order valence-electron chi connectivity index (χ2n) is 5.01. The van der Waals surface area contributed by atoms with E-state index in [0.29, 0.717) is 18.3 Å². The number of nitrogens with one attached hydrogen (secondary N) is 1. The van der Waals surface area contributed by atoms with Gasteiger partial charge >= 0.3 is 0 Å². The molecule has 92 valence electrons. The van der Waals surface area contributed by atoms with Crippen LogP contribution in [0.3, 0.4) is 0 Å². The fourth-order valence-corrected chi connectivity index (χ4v) is 2.03. The van der Waals surface area contributed by atoms with Crippen LogP contribution in [0.15, 0.2) is 12.2 Å². The van der Waals surface area contributed by atoms with Crippen molar-refractivity contribution in [2.45, 2.75) is 27.2 Å². The summed E-state index contributed by atoms with van der Waals surface area (Å²) in [5, 5.41) is 3.23. The highest BCUT2D eigenvalue weighted by molar-refractivity contribution is 5.78. The van der Waals surface area contributed by atoms with E-state index in [1.54, 1.807) is 0 Å². The van der Waals surface area contributed by atoms with Gasteiger partial charge in [-0.1, -0.05) is 27.4 Å². The lowest BCUT2D eigenvalue weighted by Gasteiger charge is -2.19. The van der Waals surface area contributed by atoms with Crippen molar-refractivity contribution in [1.29, 1.82) is 0 Å². The molecule has 0 radical (unpaired) electrons. The first-order valence-corrected chi connectivity index (χ1v) is 6.19. The fourth-order valence-electron chi connectivity index (χ4n) is 2.03. The molecule has 0 bridgehead atoms. The zero-order valence-corrected chi connectivity index (χ0v) is 10.8. The molecule has 1 heterocycles. The highest BCUT2D eigenvalue weighted by atomic mass is 16.2. The van der Waals surface area contributed by atoms with E-state index < -0.39 is 0 Å². The van der Waals surface area contributed by atoms with E-state index in [-0.39, 0.29) is 5.91 Å². The van der Waals surface area contributed by atoms with E-state index >= 15 is 0 Å². The Morgan fingerprint density at radius 2 is 2.31 bits per heavy atom. The number of carbonyl (C=O) groups is 1. The maximum Gasteiger partial charge on any atom is 0.223 e. The van der Waals surface area contributed by atoms with Crippen molar-refractivity contribution in [1.82, 2.24) is 10.2 Å². The Bertz CT molecular complexity index is 261. The molecule has 0 aromatic rings. The van der Waals surface area contributed by atoms with Gasteiger partial charge in [-0.25, -0.2) is 0 Å². The van der Waals surface area contributed by atoms with Crippen LogP contribution in [0.1, 0.15) is 27.2 Å². The Kier molecular flexibility index (Phi) is 5.00. The van der Waals surface area contributed by atoms with Gasteiger partial charge in [0.1, 0.15) is 0 Å². The van der Waals surface area contributed by atoms with Crippen LogP contribution in [0.25, 0.3) is 0 Å². The van der Waals surface area contributed by atoms with E-state index in [1.807, 2.05) is 4.90 Å². The molecule has 1 rings (SSSR count). The highest BCUT2D eigenvalue weighted by Gasteiger charge is 2.31. The zero-order chi connectivity index (χ0) is 12.1. The number of amides is 1. The quantitative estimate of drug-likeness (QED) is 0.696. The monoisotopic (exact) mass is 224 g/mol. The summed E-state index contributed by atoms with van der Waals surface area (Å²) in [4.78, 5) is 13.7. The second kappa shape index (κ2) is 6.04. The van der Waals surface area contributed by atoms with Crippen molar-refractivity contribution >= 4 is 5.91 Å². The van der Waals surface area contributed by atoms with E-state index in [0.717, 1.165) is 31.8 Å². The minimum atomic E-state index is 0.288. The maximum absolute atomic E-state index is 11.8. The summed E-state index contributed by atoms with van der Waals surface area (Å²) in [5.41, 5.74) is 1.10. The summed E-state index contributed by atoms with van der Waals surface area (Å²) < 4.78 is 0. The Morgan fingerprint density at radius 3 is 2.81 bits per heavy atom. The molecule has 0 aliphatic carbocycles. The van der Waals surface area contributed by atoms with Gasteiger partial charge in [-0.2, -0.15) is 0 Å². The molecule has 1 unspecified atom stereocenters. The first-order valence-electron chi connectivity index (χ1n) is 6.19. The van der Waals surface area contributed by atoms with Gasteiger partial charge in [0, 0.05) is 26.1 Å². The summed E-state index contributed by atoms with van der Waals surface area (Å²) in [5.74, 6) is 1.41. The molecule has 1 amide bonds. The standard InChI is InChI=1S/C13H24N2O/c1-5-14-7-11(4)8-15-9-12(10(2)3)6-13(15)16/h10,12,14H,4-9H2,1-3H3. The zero-order valence-electron chi connectivity index (χ0n) is 10.8. The average molecular weight is 224 g/mol. The third-order valence-corrected chi connectivity index (χ3v) is 3.23. The van der Waals surface area contributed by atoms with Crippen LogP contribution in [0.4, 0.5) is 0 Å². The van der Waals surface area contributed by atoms with Crippen LogP contribution in [-0.2, 0) is 4.79 Å². The fraction of sp³-hybridized carbons (Fsp3) is 0.769. The molecule has 1 atom stereocenters. The van der Waals surface area contributed by atoms with Crippen molar-refractivity contribution in [3.8, 4) is 0 Å². The molecule has 1 saturated heterocycles. The predicted molar refractivity (Wildman–Crippen MR) is 67.2 cm³/mol. The SMILES string of the molecule is C=C(CNCC)CN1CC(C(C)C)CC1=O. The molecule has 3 nitrogen and oxygen atoms in total. The second-order valence-corrected chi connectivity index (χ2v) is 5.01. The van der Waals surface area contributed by atoms with E-state index in [1.165, 1.54) is 0 Å². The van der Waals surface area contributed by atoms with Gasteiger partial charge in [-0.3, -0.25) is 4.79 Å². The Balaban J connectivity index is 2.38. The first-order chi connectivity index (χ1) is 7.54. The predicted octanol–water partition coefficient (Wildman–Crippen LogP) is 1.66. The van der Waals surface area contributed by atoms with Crippen molar-refractivity contribution in [3.63, 3.8) is 0 Å². The number of rotatable bonds is 6. The molecular weight excluding hydrogens is 200 g/mol. The Morgan fingerprint density at radius 1 is 1.62 bits per heavy atom. The summed E-state index contributed by atoms with van der Waals surface area (Å²) in [6.07, 6.45) is 0.714. The van der Waals surface area contributed by atoms with Crippen LogP contribution < -0.4 is 5.32 Å². The van der Waals surface area contributed by atoms with Crippen molar-refractivity contribution in [2.75, 3.05) is 26.2 Å². The normalized spacial score (nSPS) is 20.9. The van der Waals surface area contributed by atoms with Gasteiger partial charge in [0.05, 0.1) is 0 Å². The molecule has 0 aromatic carbocycles. The lowest BCUT2D eigenvalue weighted by molar-refractivity contribution is -0.127. The van der Waals surface area contributed by atoms with Gasteiger partial charge in [0.15, 0.2) is 0 Å². The van der Waals surface area contributed by atoms with Crippen molar-refractivity contribution in [2.24, 2.45) is 11.8 Å². The van der Waals surface area contributed by atoms with Crippen molar-refractivity contribution < 1.29 is 4.79 Å². The van der Waals surface area contributed by atoms with E-state index in [2.05, 4.69) is 32.7 Å². The smallest absolute Gasteiger partial charge is 0.223 e. The van der Waals surface area contributed by atoms with Gasteiger partial charge in [0.25, 0.3) is 0 Å². The minimum Gasteiger partial charge on any atom is -0.338 e. The average Bonchev–Trinajstić information content (AvgIpc) is 2.57. The minimum absolute atomic E-state index is 0.288. The third-order valence-electron chi connectivity index (χ3n) is 3.23. The summed E-state index contributed by atoms with van der Waals surface area (Å²) >= 11 is 0. The van der Waals surface area contributed by atoms with Gasteiger partial charge < -0.3 is 10.2 Å². The molecule has 1 aliphatic heterocycles. The molecule has 1 aliphatic rings. The van der Waals surface area contributed by atoms with Crippen LogP contribution in [0.5, 0.6) is 0 Å². The summed E-state index contributed by atoms with van der Waals surface area (Å²) in [6, 6.07) is 0. The Hall–Kier alpha value is -0.830. The highest BCUT2D eigenvalue weighted by Crippen LogP contribution is 2.24. The van der Waals surface area contributed by atoms with Gasteiger partial charge in [-0.15, -0.1) is 0 Å². The van der Waals surface area contributed by atoms with E-state index in [4.69, 9.17) is 0 Å². The molecule has 1 fully saturated rings. The molecule has 3 heteroatoms. The van der Waals surface area contributed by atoms with Gasteiger partial charge in [-0.05, 0) is 24.0 Å².